The number of carbonyl (C=O) groups excluding carboxylic acids is 1. The molecule has 4 nitrogen and oxygen atoms in total. The van der Waals surface area contributed by atoms with E-state index >= 15 is 0 Å². The fourth-order valence-corrected chi connectivity index (χ4v) is 2.27. The number of furan rings is 1. The van der Waals surface area contributed by atoms with E-state index in [2.05, 4.69) is 0 Å². The van der Waals surface area contributed by atoms with Gasteiger partial charge in [-0.15, -0.1) is 0 Å². The van der Waals surface area contributed by atoms with Crippen LogP contribution in [-0.4, -0.2) is 36.6 Å². The van der Waals surface area contributed by atoms with Gasteiger partial charge in [-0.1, -0.05) is 0 Å². The fourth-order valence-electron chi connectivity index (χ4n) is 2.27. The second-order valence-electron chi connectivity index (χ2n) is 4.65. The van der Waals surface area contributed by atoms with E-state index in [-0.39, 0.29) is 12.0 Å². The minimum Gasteiger partial charge on any atom is -0.466 e. The third-order valence-electron chi connectivity index (χ3n) is 3.30. The van der Waals surface area contributed by atoms with Gasteiger partial charge >= 0.3 is 0 Å². The molecule has 0 aliphatic carbocycles. The van der Waals surface area contributed by atoms with Gasteiger partial charge in [0.15, 0.2) is 0 Å². The van der Waals surface area contributed by atoms with Crippen molar-refractivity contribution in [2.45, 2.75) is 33.8 Å². The quantitative estimate of drug-likeness (QED) is 0.751. The molecule has 1 aromatic heterocycles. The summed E-state index contributed by atoms with van der Waals surface area (Å²) in [5.74, 6) is 1.60. The fraction of sp³-hybridized carbons (Fsp3) is 0.615. The monoisotopic (exact) mass is 237 g/mol. The third-order valence-corrected chi connectivity index (χ3v) is 3.30. The molecule has 4 heteroatoms. The van der Waals surface area contributed by atoms with Gasteiger partial charge in [0, 0.05) is 18.7 Å². The highest BCUT2D eigenvalue weighted by molar-refractivity contribution is 5.97. The molecule has 1 amide bonds. The van der Waals surface area contributed by atoms with E-state index in [1.807, 2.05) is 32.6 Å². The lowest BCUT2D eigenvalue weighted by Gasteiger charge is -2.31. The van der Waals surface area contributed by atoms with Gasteiger partial charge in [-0.3, -0.25) is 4.79 Å². The van der Waals surface area contributed by atoms with E-state index < -0.39 is 0 Å². The molecule has 0 spiro atoms. The van der Waals surface area contributed by atoms with Crippen molar-refractivity contribution in [2.24, 2.45) is 0 Å². The summed E-state index contributed by atoms with van der Waals surface area (Å²) in [7, 11) is 0. The van der Waals surface area contributed by atoms with Crippen LogP contribution in [-0.2, 0) is 4.74 Å². The van der Waals surface area contributed by atoms with Gasteiger partial charge in [-0.05, 0) is 27.7 Å². The number of aryl methyl sites for hydroxylation is 2. The van der Waals surface area contributed by atoms with E-state index in [4.69, 9.17) is 9.15 Å². The first kappa shape index (κ1) is 12.2. The van der Waals surface area contributed by atoms with Crippen LogP contribution in [0.15, 0.2) is 4.42 Å². The molecule has 0 radical (unpaired) electrons. The lowest BCUT2D eigenvalue weighted by Crippen LogP contribution is -2.44. The Bertz CT molecular complexity index is 436. The van der Waals surface area contributed by atoms with Crippen LogP contribution in [0.25, 0.3) is 0 Å². The first-order valence-electron chi connectivity index (χ1n) is 5.98. The zero-order chi connectivity index (χ0) is 12.6. The zero-order valence-electron chi connectivity index (χ0n) is 10.9. The molecule has 0 N–H and O–H groups in total. The van der Waals surface area contributed by atoms with Gasteiger partial charge in [0.1, 0.15) is 11.5 Å². The van der Waals surface area contributed by atoms with Crippen molar-refractivity contribution < 1.29 is 13.9 Å². The Labute approximate surface area is 102 Å². The highest BCUT2D eigenvalue weighted by Crippen LogP contribution is 2.23. The summed E-state index contributed by atoms with van der Waals surface area (Å²) in [6, 6.07) is 0. The normalized spacial score (nSPS) is 20.7. The molecule has 1 saturated heterocycles. The third kappa shape index (κ3) is 2.22. The minimum absolute atomic E-state index is 0.0620. The van der Waals surface area contributed by atoms with Gasteiger partial charge in [0.05, 0.1) is 18.3 Å². The molecule has 17 heavy (non-hydrogen) atoms. The van der Waals surface area contributed by atoms with Gasteiger partial charge in [0.25, 0.3) is 5.91 Å². The Morgan fingerprint density at radius 1 is 1.29 bits per heavy atom. The lowest BCUT2D eigenvalue weighted by atomic mass is 10.1. The average molecular weight is 237 g/mol. The number of rotatable bonds is 1. The standard InChI is InChI=1S/C13H19NO3/c1-8-7-14(5-6-16-8)13(15)12-9(2)10(3)17-11(12)4/h8H,5-7H2,1-4H3. The maximum atomic E-state index is 12.4. The highest BCUT2D eigenvalue weighted by atomic mass is 16.5. The first-order valence-corrected chi connectivity index (χ1v) is 5.98. The molecule has 1 aliphatic heterocycles. The molecular formula is C13H19NO3. The molecule has 1 unspecified atom stereocenters. The molecule has 94 valence electrons. The summed E-state index contributed by atoms with van der Waals surface area (Å²) in [5.41, 5.74) is 1.67. The van der Waals surface area contributed by atoms with Gasteiger partial charge in [0.2, 0.25) is 0 Å². The van der Waals surface area contributed by atoms with E-state index in [0.29, 0.717) is 25.5 Å². The van der Waals surface area contributed by atoms with Crippen molar-refractivity contribution in [1.29, 1.82) is 0 Å². The molecule has 1 fully saturated rings. The van der Waals surface area contributed by atoms with E-state index in [0.717, 1.165) is 16.9 Å². The lowest BCUT2D eigenvalue weighted by molar-refractivity contribution is -0.0125. The number of nitrogens with zero attached hydrogens (tertiary/aromatic N) is 1. The Kier molecular flexibility index (Phi) is 3.24. The van der Waals surface area contributed by atoms with Crippen LogP contribution < -0.4 is 0 Å². The van der Waals surface area contributed by atoms with Gasteiger partial charge < -0.3 is 14.1 Å². The number of hydrogen-bond acceptors (Lipinski definition) is 3. The zero-order valence-corrected chi connectivity index (χ0v) is 10.9. The highest BCUT2D eigenvalue weighted by Gasteiger charge is 2.27. The van der Waals surface area contributed by atoms with E-state index in [1.165, 1.54) is 0 Å². The molecule has 0 saturated carbocycles. The van der Waals surface area contributed by atoms with Crippen molar-refractivity contribution >= 4 is 5.91 Å². The second-order valence-corrected chi connectivity index (χ2v) is 4.65. The van der Waals surface area contributed by atoms with Gasteiger partial charge in [-0.2, -0.15) is 0 Å². The van der Waals surface area contributed by atoms with Crippen LogP contribution in [0.4, 0.5) is 0 Å². The second kappa shape index (κ2) is 4.53. The Morgan fingerprint density at radius 2 is 2.00 bits per heavy atom. The van der Waals surface area contributed by atoms with Crippen LogP contribution in [0.5, 0.6) is 0 Å². The van der Waals surface area contributed by atoms with Crippen LogP contribution in [0.2, 0.25) is 0 Å². The molecule has 2 rings (SSSR count). The van der Waals surface area contributed by atoms with Crippen LogP contribution in [0.3, 0.4) is 0 Å². The smallest absolute Gasteiger partial charge is 0.257 e. The molecule has 0 bridgehead atoms. The number of amides is 1. The van der Waals surface area contributed by atoms with E-state index in [1.54, 1.807) is 0 Å². The molecular weight excluding hydrogens is 218 g/mol. The summed E-state index contributed by atoms with van der Waals surface area (Å²) in [6.07, 6.45) is 0.112. The summed E-state index contributed by atoms with van der Waals surface area (Å²) < 4.78 is 10.9. The molecule has 1 aromatic rings. The van der Waals surface area contributed by atoms with Crippen LogP contribution >= 0.6 is 0 Å². The van der Waals surface area contributed by atoms with Crippen molar-refractivity contribution in [1.82, 2.24) is 4.90 Å². The predicted octanol–water partition coefficient (Wildman–Crippen LogP) is 2.07. The number of ether oxygens (including phenoxy) is 1. The van der Waals surface area contributed by atoms with Crippen molar-refractivity contribution in [3.05, 3.63) is 22.6 Å². The van der Waals surface area contributed by atoms with Crippen molar-refractivity contribution in [3.63, 3.8) is 0 Å². The Hall–Kier alpha value is -1.29. The summed E-state index contributed by atoms with van der Waals surface area (Å²) in [4.78, 5) is 14.3. The maximum absolute atomic E-state index is 12.4. The first-order chi connectivity index (χ1) is 8.00. The topological polar surface area (TPSA) is 42.7 Å². The summed E-state index contributed by atoms with van der Waals surface area (Å²) in [6.45, 7) is 9.58. The SMILES string of the molecule is Cc1oc(C)c(C(=O)N2CCOC(C)C2)c1C. The Morgan fingerprint density at radius 3 is 2.53 bits per heavy atom. The van der Waals surface area contributed by atoms with Crippen LogP contribution in [0, 0.1) is 20.8 Å². The average Bonchev–Trinajstić information content (AvgIpc) is 2.52. The summed E-state index contributed by atoms with van der Waals surface area (Å²) in [5, 5.41) is 0. The summed E-state index contributed by atoms with van der Waals surface area (Å²) >= 11 is 0. The van der Waals surface area contributed by atoms with E-state index in [9.17, 15) is 4.79 Å². The number of hydrogen-bond donors (Lipinski definition) is 0. The predicted molar refractivity (Wildman–Crippen MR) is 64.2 cm³/mol. The van der Waals surface area contributed by atoms with Gasteiger partial charge in [-0.25, -0.2) is 0 Å². The van der Waals surface area contributed by atoms with Crippen LogP contribution in [0.1, 0.15) is 34.4 Å². The molecule has 1 aliphatic rings. The molecule has 1 atom stereocenters. The maximum Gasteiger partial charge on any atom is 0.257 e. The molecule has 2 heterocycles. The minimum atomic E-state index is 0.0620. The Balaban J connectivity index is 2.24. The largest absolute Gasteiger partial charge is 0.466 e. The number of carbonyl (C=O) groups is 1. The number of morpholine rings is 1. The van der Waals surface area contributed by atoms with Crippen molar-refractivity contribution in [2.75, 3.05) is 19.7 Å². The van der Waals surface area contributed by atoms with Crippen molar-refractivity contribution in [3.8, 4) is 0 Å². The molecule has 0 aromatic carbocycles.